The monoisotopic (exact) mass is 365 g/mol. The SMILES string of the molecule is CC(=O)OC(Cc1ccccc1)(C(=O)NC1CCCCC1)c1ccccc1. The van der Waals surface area contributed by atoms with Crippen molar-refractivity contribution in [2.75, 3.05) is 0 Å². The fourth-order valence-electron chi connectivity index (χ4n) is 3.84. The number of hydrogen-bond acceptors (Lipinski definition) is 3. The summed E-state index contributed by atoms with van der Waals surface area (Å²) in [5, 5.41) is 3.17. The van der Waals surface area contributed by atoms with Gasteiger partial charge >= 0.3 is 5.97 Å². The van der Waals surface area contributed by atoms with Crippen molar-refractivity contribution in [1.29, 1.82) is 0 Å². The van der Waals surface area contributed by atoms with E-state index in [-0.39, 0.29) is 11.9 Å². The Balaban J connectivity index is 1.98. The van der Waals surface area contributed by atoms with Gasteiger partial charge in [0.1, 0.15) is 0 Å². The Bertz CT molecular complexity index is 754. The Morgan fingerprint density at radius 2 is 1.56 bits per heavy atom. The second-order valence-electron chi connectivity index (χ2n) is 7.26. The van der Waals surface area contributed by atoms with Gasteiger partial charge in [0.2, 0.25) is 5.60 Å². The first-order chi connectivity index (χ1) is 13.1. The Kier molecular flexibility index (Phi) is 6.28. The summed E-state index contributed by atoms with van der Waals surface area (Å²) in [4.78, 5) is 25.5. The third kappa shape index (κ3) is 4.76. The van der Waals surface area contributed by atoms with Crippen LogP contribution in [-0.2, 0) is 26.3 Å². The first-order valence-corrected chi connectivity index (χ1v) is 9.70. The van der Waals surface area contributed by atoms with Crippen LogP contribution in [0.3, 0.4) is 0 Å². The lowest BCUT2D eigenvalue weighted by Gasteiger charge is -2.35. The van der Waals surface area contributed by atoms with Crippen LogP contribution in [0.15, 0.2) is 60.7 Å². The van der Waals surface area contributed by atoms with E-state index in [0.29, 0.717) is 12.0 Å². The molecule has 0 saturated heterocycles. The van der Waals surface area contributed by atoms with Crippen LogP contribution < -0.4 is 5.32 Å². The lowest BCUT2D eigenvalue weighted by Crippen LogP contribution is -2.52. The Morgan fingerprint density at radius 3 is 2.15 bits per heavy atom. The molecule has 1 aliphatic rings. The molecular weight excluding hydrogens is 338 g/mol. The summed E-state index contributed by atoms with van der Waals surface area (Å²) in [7, 11) is 0. The van der Waals surface area contributed by atoms with Crippen molar-refractivity contribution in [2.24, 2.45) is 0 Å². The molecule has 1 atom stereocenters. The number of amides is 1. The molecule has 0 radical (unpaired) electrons. The maximum absolute atomic E-state index is 13.5. The van der Waals surface area contributed by atoms with Crippen molar-refractivity contribution in [3.05, 3.63) is 71.8 Å². The molecule has 0 bridgehead atoms. The first-order valence-electron chi connectivity index (χ1n) is 9.70. The van der Waals surface area contributed by atoms with Crippen LogP contribution in [0, 0.1) is 0 Å². The quantitative estimate of drug-likeness (QED) is 0.783. The number of nitrogens with one attached hydrogen (secondary N) is 1. The number of carbonyl (C=O) groups excluding carboxylic acids is 2. The molecule has 142 valence electrons. The fourth-order valence-corrected chi connectivity index (χ4v) is 3.84. The zero-order valence-electron chi connectivity index (χ0n) is 15.8. The van der Waals surface area contributed by atoms with Crippen molar-refractivity contribution in [1.82, 2.24) is 5.32 Å². The molecule has 0 spiro atoms. The lowest BCUT2D eigenvalue weighted by molar-refractivity contribution is -0.169. The molecule has 4 heteroatoms. The van der Waals surface area contributed by atoms with E-state index >= 15 is 0 Å². The van der Waals surface area contributed by atoms with Crippen molar-refractivity contribution in [3.8, 4) is 0 Å². The largest absolute Gasteiger partial charge is 0.444 e. The minimum atomic E-state index is -1.37. The van der Waals surface area contributed by atoms with Crippen LogP contribution in [0.1, 0.15) is 50.2 Å². The van der Waals surface area contributed by atoms with E-state index in [1.165, 1.54) is 13.3 Å². The molecule has 0 heterocycles. The summed E-state index contributed by atoms with van der Waals surface area (Å²) in [5.74, 6) is -0.701. The number of rotatable bonds is 6. The second kappa shape index (κ2) is 8.85. The van der Waals surface area contributed by atoms with Gasteiger partial charge in [0.05, 0.1) is 0 Å². The van der Waals surface area contributed by atoms with Gasteiger partial charge in [-0.25, -0.2) is 0 Å². The van der Waals surface area contributed by atoms with Gasteiger partial charge in [-0.2, -0.15) is 0 Å². The lowest BCUT2D eigenvalue weighted by atomic mass is 9.85. The smallest absolute Gasteiger partial charge is 0.304 e. The van der Waals surface area contributed by atoms with Gasteiger partial charge in [0, 0.05) is 24.9 Å². The molecule has 2 aromatic carbocycles. The van der Waals surface area contributed by atoms with E-state index in [1.807, 2.05) is 60.7 Å². The van der Waals surface area contributed by atoms with E-state index in [9.17, 15) is 9.59 Å². The molecule has 27 heavy (non-hydrogen) atoms. The molecule has 2 aromatic rings. The molecule has 1 aliphatic carbocycles. The maximum atomic E-state index is 13.5. The highest BCUT2D eigenvalue weighted by atomic mass is 16.6. The second-order valence-corrected chi connectivity index (χ2v) is 7.26. The molecular formula is C23H27NO3. The Labute approximate surface area is 160 Å². The van der Waals surface area contributed by atoms with Crippen LogP contribution in [0.25, 0.3) is 0 Å². The number of esters is 1. The number of carbonyl (C=O) groups is 2. The van der Waals surface area contributed by atoms with Crippen molar-refractivity contribution in [3.63, 3.8) is 0 Å². The fraction of sp³-hybridized carbons (Fsp3) is 0.391. The maximum Gasteiger partial charge on any atom is 0.304 e. The minimum absolute atomic E-state index is 0.140. The minimum Gasteiger partial charge on any atom is -0.444 e. The molecule has 1 saturated carbocycles. The highest BCUT2D eigenvalue weighted by Crippen LogP contribution is 2.32. The van der Waals surface area contributed by atoms with Crippen LogP contribution in [0.5, 0.6) is 0 Å². The number of hydrogen-bond donors (Lipinski definition) is 1. The van der Waals surface area contributed by atoms with E-state index in [4.69, 9.17) is 4.74 Å². The van der Waals surface area contributed by atoms with Gasteiger partial charge in [-0.3, -0.25) is 9.59 Å². The average Bonchev–Trinajstić information content (AvgIpc) is 2.69. The van der Waals surface area contributed by atoms with Gasteiger partial charge in [-0.15, -0.1) is 0 Å². The van der Waals surface area contributed by atoms with Crippen molar-refractivity contribution in [2.45, 2.75) is 57.1 Å². The third-order valence-electron chi connectivity index (χ3n) is 5.16. The topological polar surface area (TPSA) is 55.4 Å². The first kappa shape index (κ1) is 19.2. The van der Waals surface area contributed by atoms with Gasteiger partial charge in [-0.1, -0.05) is 79.9 Å². The van der Waals surface area contributed by atoms with E-state index in [0.717, 1.165) is 31.2 Å². The predicted molar refractivity (Wildman–Crippen MR) is 105 cm³/mol. The zero-order chi connectivity index (χ0) is 19.1. The zero-order valence-corrected chi connectivity index (χ0v) is 15.8. The molecule has 1 amide bonds. The van der Waals surface area contributed by atoms with Crippen molar-refractivity contribution < 1.29 is 14.3 Å². The molecule has 1 unspecified atom stereocenters. The Hall–Kier alpha value is -2.62. The van der Waals surface area contributed by atoms with Gasteiger partial charge < -0.3 is 10.1 Å². The number of benzene rings is 2. The standard InChI is InChI=1S/C23H27NO3/c1-18(25)27-23(20-13-7-3-8-14-20,17-19-11-5-2-6-12-19)22(26)24-21-15-9-4-10-16-21/h2-3,5-8,11-14,21H,4,9-10,15-17H2,1H3,(H,24,26). The van der Waals surface area contributed by atoms with E-state index in [1.54, 1.807) is 0 Å². The van der Waals surface area contributed by atoms with Gasteiger partial charge in [0.25, 0.3) is 5.91 Å². The van der Waals surface area contributed by atoms with Crippen LogP contribution in [0.2, 0.25) is 0 Å². The summed E-state index contributed by atoms with van der Waals surface area (Å²) >= 11 is 0. The van der Waals surface area contributed by atoms with E-state index < -0.39 is 11.6 Å². The predicted octanol–water partition coefficient (Wildman–Crippen LogP) is 4.14. The summed E-state index contributed by atoms with van der Waals surface area (Å²) in [6, 6.07) is 19.2. The third-order valence-corrected chi connectivity index (χ3v) is 5.16. The summed E-state index contributed by atoms with van der Waals surface area (Å²) < 4.78 is 5.78. The number of ether oxygens (including phenoxy) is 1. The highest BCUT2D eigenvalue weighted by Gasteiger charge is 2.44. The van der Waals surface area contributed by atoms with Crippen LogP contribution >= 0.6 is 0 Å². The molecule has 4 nitrogen and oxygen atoms in total. The van der Waals surface area contributed by atoms with Crippen LogP contribution in [-0.4, -0.2) is 17.9 Å². The Morgan fingerprint density at radius 1 is 0.963 bits per heavy atom. The van der Waals surface area contributed by atoms with Gasteiger partial charge in [0.15, 0.2) is 0 Å². The molecule has 3 rings (SSSR count). The highest BCUT2D eigenvalue weighted by molar-refractivity contribution is 5.89. The van der Waals surface area contributed by atoms with Gasteiger partial charge in [-0.05, 0) is 18.4 Å². The van der Waals surface area contributed by atoms with E-state index in [2.05, 4.69) is 5.32 Å². The summed E-state index contributed by atoms with van der Waals surface area (Å²) in [6.45, 7) is 1.36. The molecule has 0 aliphatic heterocycles. The molecule has 0 aromatic heterocycles. The van der Waals surface area contributed by atoms with Crippen LogP contribution in [0.4, 0.5) is 0 Å². The summed E-state index contributed by atoms with van der Waals surface area (Å²) in [5.41, 5.74) is 0.269. The summed E-state index contributed by atoms with van der Waals surface area (Å²) in [6.07, 6.45) is 5.70. The normalized spacial score (nSPS) is 16.9. The molecule has 1 N–H and O–H groups in total. The average molecular weight is 365 g/mol. The molecule has 1 fully saturated rings. The van der Waals surface area contributed by atoms with Crippen molar-refractivity contribution >= 4 is 11.9 Å².